The SMILES string of the molecule is CCC1CCCN1c1nc(CO)co1. The molecule has 14 heavy (non-hydrogen) atoms. The lowest BCUT2D eigenvalue weighted by Crippen LogP contribution is -2.28. The number of hydrogen-bond acceptors (Lipinski definition) is 4. The Bertz CT molecular complexity index is 298. The van der Waals surface area contributed by atoms with E-state index in [1.165, 1.54) is 19.1 Å². The van der Waals surface area contributed by atoms with Gasteiger partial charge in [0, 0.05) is 12.6 Å². The summed E-state index contributed by atoms with van der Waals surface area (Å²) in [6.45, 7) is 3.15. The van der Waals surface area contributed by atoms with Gasteiger partial charge in [-0.3, -0.25) is 0 Å². The molecule has 2 rings (SSSR count). The highest BCUT2D eigenvalue weighted by atomic mass is 16.4. The van der Waals surface area contributed by atoms with Crippen LogP contribution in [0.3, 0.4) is 0 Å². The maximum Gasteiger partial charge on any atom is 0.297 e. The van der Waals surface area contributed by atoms with Crippen molar-refractivity contribution in [2.75, 3.05) is 11.4 Å². The van der Waals surface area contributed by atoms with Crippen LogP contribution in [0.1, 0.15) is 31.9 Å². The molecule has 0 radical (unpaired) electrons. The van der Waals surface area contributed by atoms with E-state index in [0.29, 0.717) is 17.8 Å². The molecule has 1 fully saturated rings. The molecule has 0 bridgehead atoms. The molecule has 0 saturated carbocycles. The largest absolute Gasteiger partial charge is 0.432 e. The molecule has 1 N–H and O–H groups in total. The van der Waals surface area contributed by atoms with Crippen molar-refractivity contribution in [2.24, 2.45) is 0 Å². The van der Waals surface area contributed by atoms with Gasteiger partial charge in [-0.1, -0.05) is 6.92 Å². The van der Waals surface area contributed by atoms with Gasteiger partial charge in [0.05, 0.1) is 6.61 Å². The van der Waals surface area contributed by atoms with E-state index in [1.807, 2.05) is 0 Å². The number of oxazole rings is 1. The maximum atomic E-state index is 8.88. The van der Waals surface area contributed by atoms with Crippen molar-refractivity contribution in [3.63, 3.8) is 0 Å². The van der Waals surface area contributed by atoms with Crippen LogP contribution in [0.5, 0.6) is 0 Å². The van der Waals surface area contributed by atoms with Gasteiger partial charge in [0.1, 0.15) is 12.0 Å². The molecular formula is C10H16N2O2. The first-order valence-electron chi connectivity index (χ1n) is 5.17. The number of hydrogen-bond donors (Lipinski definition) is 1. The molecule has 0 aromatic carbocycles. The molecule has 4 heteroatoms. The third-order valence-electron chi connectivity index (χ3n) is 2.80. The molecule has 1 aliphatic heterocycles. The summed E-state index contributed by atoms with van der Waals surface area (Å²) in [6.07, 6.45) is 5.07. The number of aromatic nitrogens is 1. The van der Waals surface area contributed by atoms with Crippen molar-refractivity contribution in [2.45, 2.75) is 38.8 Å². The zero-order chi connectivity index (χ0) is 9.97. The average Bonchev–Trinajstić information content (AvgIpc) is 2.85. The molecule has 78 valence electrons. The van der Waals surface area contributed by atoms with E-state index in [1.54, 1.807) is 0 Å². The van der Waals surface area contributed by atoms with E-state index in [0.717, 1.165) is 13.0 Å². The summed E-state index contributed by atoms with van der Waals surface area (Å²) in [6, 6.07) is 1.22. The number of aliphatic hydroxyl groups is 1. The van der Waals surface area contributed by atoms with E-state index in [2.05, 4.69) is 16.8 Å². The minimum absolute atomic E-state index is 0.0475. The second-order valence-electron chi connectivity index (χ2n) is 3.68. The Hall–Kier alpha value is -1.03. The minimum atomic E-state index is -0.0475. The van der Waals surface area contributed by atoms with Gasteiger partial charge in [-0.15, -0.1) is 0 Å². The lowest BCUT2D eigenvalue weighted by Gasteiger charge is -2.20. The summed E-state index contributed by atoms with van der Waals surface area (Å²) in [4.78, 5) is 6.41. The van der Waals surface area contributed by atoms with Crippen LogP contribution in [0.2, 0.25) is 0 Å². The zero-order valence-corrected chi connectivity index (χ0v) is 8.44. The van der Waals surface area contributed by atoms with Gasteiger partial charge in [-0.2, -0.15) is 4.98 Å². The number of rotatable bonds is 3. The quantitative estimate of drug-likeness (QED) is 0.796. The van der Waals surface area contributed by atoms with Crippen LogP contribution < -0.4 is 4.90 Å². The Balaban J connectivity index is 2.13. The van der Waals surface area contributed by atoms with Crippen molar-refractivity contribution in [3.8, 4) is 0 Å². The topological polar surface area (TPSA) is 49.5 Å². The molecule has 1 saturated heterocycles. The monoisotopic (exact) mass is 196 g/mol. The van der Waals surface area contributed by atoms with Gasteiger partial charge in [0.2, 0.25) is 0 Å². The molecule has 4 nitrogen and oxygen atoms in total. The minimum Gasteiger partial charge on any atom is -0.432 e. The van der Waals surface area contributed by atoms with Gasteiger partial charge >= 0.3 is 0 Å². The Kier molecular flexibility index (Phi) is 2.72. The first-order chi connectivity index (χ1) is 6.85. The highest BCUT2D eigenvalue weighted by Crippen LogP contribution is 2.26. The second kappa shape index (κ2) is 4.00. The molecule has 1 aromatic heterocycles. The summed E-state index contributed by atoms with van der Waals surface area (Å²) in [7, 11) is 0. The molecule has 2 heterocycles. The molecule has 1 unspecified atom stereocenters. The highest BCUT2D eigenvalue weighted by Gasteiger charge is 2.26. The normalized spacial score (nSPS) is 21.9. The summed E-state index contributed by atoms with van der Waals surface area (Å²) in [5.74, 6) is 0. The van der Waals surface area contributed by atoms with E-state index in [-0.39, 0.29) is 6.61 Å². The Morgan fingerprint density at radius 1 is 1.71 bits per heavy atom. The fourth-order valence-corrected chi connectivity index (χ4v) is 2.01. The van der Waals surface area contributed by atoms with Crippen molar-refractivity contribution < 1.29 is 9.52 Å². The van der Waals surface area contributed by atoms with Crippen molar-refractivity contribution >= 4 is 6.01 Å². The number of aliphatic hydroxyl groups excluding tert-OH is 1. The van der Waals surface area contributed by atoms with Crippen LogP contribution in [0.15, 0.2) is 10.7 Å². The third kappa shape index (κ3) is 1.62. The standard InChI is InChI=1S/C10H16N2O2/c1-2-9-4-3-5-12(9)10-11-8(6-13)7-14-10/h7,9,13H,2-6H2,1H3. The Morgan fingerprint density at radius 3 is 3.21 bits per heavy atom. The summed E-state index contributed by atoms with van der Waals surface area (Å²) < 4.78 is 5.33. The number of anilines is 1. The average molecular weight is 196 g/mol. The van der Waals surface area contributed by atoms with Gasteiger partial charge in [0.25, 0.3) is 6.01 Å². The van der Waals surface area contributed by atoms with Gasteiger partial charge in [-0.25, -0.2) is 0 Å². The zero-order valence-electron chi connectivity index (χ0n) is 8.44. The lowest BCUT2D eigenvalue weighted by molar-refractivity contribution is 0.276. The molecule has 0 aliphatic carbocycles. The van der Waals surface area contributed by atoms with Crippen LogP contribution in [-0.4, -0.2) is 22.7 Å². The van der Waals surface area contributed by atoms with E-state index in [9.17, 15) is 0 Å². The summed E-state index contributed by atoms with van der Waals surface area (Å²) in [5.41, 5.74) is 0.613. The van der Waals surface area contributed by atoms with Crippen LogP contribution in [0, 0.1) is 0 Å². The fraction of sp³-hybridized carbons (Fsp3) is 0.700. The van der Waals surface area contributed by atoms with Crippen molar-refractivity contribution in [3.05, 3.63) is 12.0 Å². The second-order valence-corrected chi connectivity index (χ2v) is 3.68. The van der Waals surface area contributed by atoms with E-state index in [4.69, 9.17) is 9.52 Å². The van der Waals surface area contributed by atoms with Crippen LogP contribution in [0.25, 0.3) is 0 Å². The molecule has 0 spiro atoms. The van der Waals surface area contributed by atoms with Crippen molar-refractivity contribution in [1.29, 1.82) is 0 Å². The van der Waals surface area contributed by atoms with E-state index >= 15 is 0 Å². The van der Waals surface area contributed by atoms with Crippen LogP contribution in [-0.2, 0) is 6.61 Å². The van der Waals surface area contributed by atoms with Gasteiger partial charge in [0.15, 0.2) is 0 Å². The van der Waals surface area contributed by atoms with Crippen LogP contribution in [0.4, 0.5) is 6.01 Å². The predicted octanol–water partition coefficient (Wildman–Crippen LogP) is 1.55. The summed E-state index contributed by atoms with van der Waals surface area (Å²) >= 11 is 0. The number of nitrogens with zero attached hydrogens (tertiary/aromatic N) is 2. The highest BCUT2D eigenvalue weighted by molar-refractivity contribution is 5.30. The van der Waals surface area contributed by atoms with Crippen LogP contribution >= 0.6 is 0 Å². The first kappa shape index (κ1) is 9.52. The maximum absolute atomic E-state index is 8.88. The van der Waals surface area contributed by atoms with Crippen molar-refractivity contribution in [1.82, 2.24) is 4.98 Å². The fourth-order valence-electron chi connectivity index (χ4n) is 2.01. The van der Waals surface area contributed by atoms with Gasteiger partial charge in [-0.05, 0) is 19.3 Å². The smallest absolute Gasteiger partial charge is 0.297 e. The molecular weight excluding hydrogens is 180 g/mol. The molecule has 1 atom stereocenters. The Labute approximate surface area is 83.5 Å². The first-order valence-corrected chi connectivity index (χ1v) is 5.17. The van der Waals surface area contributed by atoms with Gasteiger partial charge < -0.3 is 14.4 Å². The Morgan fingerprint density at radius 2 is 2.57 bits per heavy atom. The summed E-state index contributed by atoms with van der Waals surface area (Å²) in [5, 5.41) is 8.88. The molecule has 0 amide bonds. The third-order valence-corrected chi connectivity index (χ3v) is 2.80. The van der Waals surface area contributed by atoms with E-state index < -0.39 is 0 Å². The predicted molar refractivity (Wildman–Crippen MR) is 53.1 cm³/mol. The molecule has 1 aliphatic rings. The molecule has 1 aromatic rings. The lowest BCUT2D eigenvalue weighted by atomic mass is 10.2.